The number of hydrogen-bond donors (Lipinski definition) is 1. The highest BCUT2D eigenvalue weighted by molar-refractivity contribution is 6.76. The molecule has 2 aliphatic rings. The van der Waals surface area contributed by atoms with E-state index in [4.69, 9.17) is 68.6 Å². The van der Waals surface area contributed by atoms with E-state index in [1.807, 2.05) is 60.7 Å². The van der Waals surface area contributed by atoms with E-state index in [9.17, 15) is 0 Å². The third-order valence-electron chi connectivity index (χ3n) is 5.40. The molecule has 33 heavy (non-hydrogen) atoms. The van der Waals surface area contributed by atoms with Gasteiger partial charge >= 0.3 is 0 Å². The fourth-order valence-electron chi connectivity index (χ4n) is 3.82. The summed E-state index contributed by atoms with van der Waals surface area (Å²) in [4.78, 5) is 0. The van der Waals surface area contributed by atoms with Crippen molar-refractivity contribution in [1.29, 1.82) is 5.41 Å². The molecule has 7 nitrogen and oxygen atoms in total. The number of benzene rings is 2. The maximum atomic E-state index is 8.01. The Morgan fingerprint density at radius 3 is 2.30 bits per heavy atom. The first-order chi connectivity index (χ1) is 15.9. The van der Waals surface area contributed by atoms with E-state index in [2.05, 4.69) is 0 Å². The molecule has 2 unspecified atom stereocenters. The van der Waals surface area contributed by atoms with Gasteiger partial charge in [-0.2, -0.15) is 0 Å². The Morgan fingerprint density at radius 2 is 1.67 bits per heavy atom. The standard InChI is InChI=1S/C23H24Cl3NO6/c1-28-18-17-16(13-30-20(32-17)15-10-6-3-7-11-15)31-21(33-22(27)23(24,25)26)19(18)29-12-14-8-4-2-5-9-14/h2-11,16-21,27H,12-13H2,1H3/t16-,17+,18-,19+,20?,21?/m0/s1. The monoisotopic (exact) mass is 515 g/mol. The molecule has 0 bridgehead atoms. The number of ether oxygens (including phenoxy) is 6. The van der Waals surface area contributed by atoms with E-state index < -0.39 is 46.7 Å². The molecule has 0 amide bonds. The average Bonchev–Trinajstić information content (AvgIpc) is 2.82. The van der Waals surface area contributed by atoms with Gasteiger partial charge in [0, 0.05) is 12.7 Å². The first-order valence-corrected chi connectivity index (χ1v) is 11.5. The second-order valence-corrected chi connectivity index (χ2v) is 9.91. The number of hydrogen-bond acceptors (Lipinski definition) is 7. The van der Waals surface area contributed by atoms with Crippen LogP contribution >= 0.6 is 34.8 Å². The summed E-state index contributed by atoms with van der Waals surface area (Å²) in [5, 5.41) is 8.01. The van der Waals surface area contributed by atoms with Crippen molar-refractivity contribution < 1.29 is 28.4 Å². The van der Waals surface area contributed by atoms with Crippen molar-refractivity contribution in [1.82, 2.24) is 0 Å². The molecule has 2 fully saturated rings. The van der Waals surface area contributed by atoms with Crippen molar-refractivity contribution in [3.63, 3.8) is 0 Å². The van der Waals surface area contributed by atoms with Crippen molar-refractivity contribution in [3.8, 4) is 0 Å². The van der Waals surface area contributed by atoms with Crippen LogP contribution in [0.3, 0.4) is 0 Å². The minimum absolute atomic E-state index is 0.219. The number of halogens is 3. The SMILES string of the molecule is CO[C@H]1[C@@H]2OC(c3ccccc3)OC[C@@H]2OC(OC(=N)C(Cl)(Cl)Cl)[C@@H]1OCc1ccccc1. The quantitative estimate of drug-likeness (QED) is 0.338. The first kappa shape index (κ1) is 24.7. The Balaban J connectivity index is 1.56. The summed E-state index contributed by atoms with van der Waals surface area (Å²) in [6.45, 7) is 0.474. The molecule has 0 saturated carbocycles. The van der Waals surface area contributed by atoms with Crippen LogP contribution in [0, 0.1) is 5.41 Å². The third kappa shape index (κ3) is 5.99. The van der Waals surface area contributed by atoms with Gasteiger partial charge < -0.3 is 28.4 Å². The van der Waals surface area contributed by atoms with Gasteiger partial charge in [-0.3, -0.25) is 5.41 Å². The molecule has 178 valence electrons. The predicted molar refractivity (Wildman–Crippen MR) is 124 cm³/mol. The fourth-order valence-corrected chi connectivity index (χ4v) is 3.95. The molecule has 2 saturated heterocycles. The van der Waals surface area contributed by atoms with Gasteiger partial charge in [0.2, 0.25) is 12.2 Å². The summed E-state index contributed by atoms with van der Waals surface area (Å²) in [5.74, 6) is -0.584. The largest absolute Gasteiger partial charge is 0.445 e. The van der Waals surface area contributed by atoms with Crippen LogP contribution < -0.4 is 0 Å². The topological polar surface area (TPSA) is 79.2 Å². The van der Waals surface area contributed by atoms with Crippen molar-refractivity contribution >= 4 is 40.7 Å². The Bertz CT molecular complexity index is 913. The fraction of sp³-hybridized carbons (Fsp3) is 0.435. The van der Waals surface area contributed by atoms with E-state index in [0.717, 1.165) is 11.1 Å². The predicted octanol–water partition coefficient (Wildman–Crippen LogP) is 4.79. The molecule has 4 rings (SSSR count). The molecule has 0 aliphatic carbocycles. The minimum atomic E-state index is -2.05. The Kier molecular flexibility index (Phi) is 8.15. The number of methoxy groups -OCH3 is 1. The second kappa shape index (κ2) is 10.9. The first-order valence-electron chi connectivity index (χ1n) is 10.3. The molecule has 0 aromatic heterocycles. The number of rotatable bonds is 6. The Hall–Kier alpha value is -1.42. The maximum Gasteiger partial charge on any atom is 0.265 e. The Labute approximate surface area is 207 Å². The van der Waals surface area contributed by atoms with Crippen LogP contribution in [0.2, 0.25) is 0 Å². The lowest BCUT2D eigenvalue weighted by atomic mass is 9.97. The maximum absolute atomic E-state index is 8.01. The van der Waals surface area contributed by atoms with Gasteiger partial charge in [-0.05, 0) is 5.56 Å². The molecule has 10 heteroatoms. The molecular formula is C23H24Cl3NO6. The van der Waals surface area contributed by atoms with Gasteiger partial charge in [0.05, 0.1) is 13.2 Å². The van der Waals surface area contributed by atoms with Crippen LogP contribution in [0.15, 0.2) is 60.7 Å². The smallest absolute Gasteiger partial charge is 0.265 e. The molecule has 2 aliphatic heterocycles. The molecule has 6 atom stereocenters. The van der Waals surface area contributed by atoms with Gasteiger partial charge in [0.15, 0.2) is 6.29 Å². The van der Waals surface area contributed by atoms with Crippen molar-refractivity contribution in [3.05, 3.63) is 71.8 Å². The van der Waals surface area contributed by atoms with Crippen LogP contribution in [-0.2, 0) is 35.0 Å². The van der Waals surface area contributed by atoms with Gasteiger partial charge in [0.1, 0.15) is 24.4 Å². The van der Waals surface area contributed by atoms with Crippen molar-refractivity contribution in [2.45, 2.75) is 47.4 Å². The summed E-state index contributed by atoms with van der Waals surface area (Å²) in [6, 6.07) is 19.2. The van der Waals surface area contributed by atoms with Crippen LogP contribution in [0.1, 0.15) is 17.4 Å². The number of nitrogens with one attached hydrogen (secondary N) is 1. The molecule has 2 heterocycles. The highest BCUT2D eigenvalue weighted by atomic mass is 35.6. The van der Waals surface area contributed by atoms with E-state index in [0.29, 0.717) is 0 Å². The lowest BCUT2D eigenvalue weighted by Gasteiger charge is -2.48. The molecule has 0 radical (unpaired) electrons. The molecule has 1 N–H and O–H groups in total. The van der Waals surface area contributed by atoms with E-state index in [-0.39, 0.29) is 13.2 Å². The van der Waals surface area contributed by atoms with Crippen LogP contribution in [0.25, 0.3) is 0 Å². The summed E-state index contributed by atoms with van der Waals surface area (Å²) in [7, 11) is 1.56. The van der Waals surface area contributed by atoms with Gasteiger partial charge in [-0.25, -0.2) is 0 Å². The van der Waals surface area contributed by atoms with Crippen LogP contribution in [-0.4, -0.2) is 54.1 Å². The van der Waals surface area contributed by atoms with Crippen LogP contribution in [0.5, 0.6) is 0 Å². The van der Waals surface area contributed by atoms with Crippen molar-refractivity contribution in [2.24, 2.45) is 0 Å². The second-order valence-electron chi connectivity index (χ2n) is 7.63. The number of alkyl halides is 3. The highest BCUT2D eigenvalue weighted by Gasteiger charge is 2.52. The molecule has 2 aromatic carbocycles. The van der Waals surface area contributed by atoms with Gasteiger partial charge in [0.25, 0.3) is 3.79 Å². The summed E-state index contributed by atoms with van der Waals surface area (Å²) >= 11 is 17.5. The van der Waals surface area contributed by atoms with E-state index >= 15 is 0 Å². The zero-order valence-corrected chi connectivity index (χ0v) is 20.0. The lowest BCUT2D eigenvalue weighted by molar-refractivity contribution is -0.360. The average molecular weight is 517 g/mol. The van der Waals surface area contributed by atoms with E-state index in [1.54, 1.807) is 7.11 Å². The molecule has 0 spiro atoms. The minimum Gasteiger partial charge on any atom is -0.445 e. The Morgan fingerprint density at radius 1 is 1.00 bits per heavy atom. The molecular weight excluding hydrogens is 493 g/mol. The third-order valence-corrected chi connectivity index (χ3v) is 5.92. The summed E-state index contributed by atoms with van der Waals surface area (Å²) in [5.41, 5.74) is 1.82. The van der Waals surface area contributed by atoms with E-state index in [1.165, 1.54) is 0 Å². The normalized spacial score (nSPS) is 29.8. The van der Waals surface area contributed by atoms with Crippen molar-refractivity contribution in [2.75, 3.05) is 13.7 Å². The van der Waals surface area contributed by atoms with Crippen LogP contribution in [0.4, 0.5) is 0 Å². The lowest BCUT2D eigenvalue weighted by Crippen LogP contribution is -2.63. The summed E-state index contributed by atoms with van der Waals surface area (Å²) < 4.78 is 33.7. The molecule has 2 aromatic rings. The van der Waals surface area contributed by atoms with Gasteiger partial charge in [-0.1, -0.05) is 95.5 Å². The zero-order chi connectivity index (χ0) is 23.4. The summed E-state index contributed by atoms with van der Waals surface area (Å²) in [6.07, 6.45) is -4.10. The highest BCUT2D eigenvalue weighted by Crippen LogP contribution is 2.38. The van der Waals surface area contributed by atoms with Gasteiger partial charge in [-0.15, -0.1) is 0 Å². The number of fused-ring (bicyclic) bond motifs is 1. The zero-order valence-electron chi connectivity index (χ0n) is 17.7.